The molecule has 25 heavy (non-hydrogen) atoms. The van der Waals surface area contributed by atoms with Gasteiger partial charge in [-0.05, 0) is 42.3 Å². The lowest BCUT2D eigenvalue weighted by Gasteiger charge is -2.25. The van der Waals surface area contributed by atoms with Crippen molar-refractivity contribution >= 4 is 0 Å². The number of ether oxygens (including phenoxy) is 2. The number of hydrogen-bond donors (Lipinski definition) is 2. The SMILES string of the molecule is CNC/C=C/C1NCCc2cc(OCOCc3ccccc3)ccc21. The smallest absolute Gasteiger partial charge is 0.189 e. The normalized spacial score (nSPS) is 16.8. The Bertz CT molecular complexity index is 686. The van der Waals surface area contributed by atoms with E-state index in [1.807, 2.05) is 43.4 Å². The molecule has 1 aliphatic rings. The largest absolute Gasteiger partial charge is 0.468 e. The van der Waals surface area contributed by atoms with Gasteiger partial charge in [-0.1, -0.05) is 48.6 Å². The Morgan fingerprint density at radius 3 is 2.92 bits per heavy atom. The summed E-state index contributed by atoms with van der Waals surface area (Å²) < 4.78 is 11.4. The molecule has 0 spiro atoms. The van der Waals surface area contributed by atoms with Crippen molar-refractivity contribution in [2.45, 2.75) is 19.1 Å². The zero-order valence-corrected chi connectivity index (χ0v) is 14.7. The molecule has 4 heteroatoms. The monoisotopic (exact) mass is 338 g/mol. The second-order valence-corrected chi connectivity index (χ2v) is 6.12. The van der Waals surface area contributed by atoms with Crippen LogP contribution in [0.5, 0.6) is 5.75 Å². The average molecular weight is 338 g/mol. The molecule has 0 radical (unpaired) electrons. The van der Waals surface area contributed by atoms with Crippen molar-refractivity contribution in [2.75, 3.05) is 26.9 Å². The molecule has 4 nitrogen and oxygen atoms in total. The molecule has 1 aliphatic heterocycles. The molecular weight excluding hydrogens is 312 g/mol. The molecule has 0 aromatic heterocycles. The first-order valence-corrected chi connectivity index (χ1v) is 8.79. The summed E-state index contributed by atoms with van der Waals surface area (Å²) in [6.07, 6.45) is 5.40. The summed E-state index contributed by atoms with van der Waals surface area (Å²) in [6, 6.07) is 16.7. The fourth-order valence-corrected chi connectivity index (χ4v) is 3.00. The van der Waals surface area contributed by atoms with Crippen LogP contribution in [0.3, 0.4) is 0 Å². The molecule has 1 heterocycles. The molecule has 3 rings (SSSR count). The first-order valence-electron chi connectivity index (χ1n) is 8.79. The lowest BCUT2D eigenvalue weighted by Crippen LogP contribution is -2.28. The number of nitrogens with one attached hydrogen (secondary N) is 2. The van der Waals surface area contributed by atoms with Gasteiger partial charge in [0.2, 0.25) is 0 Å². The van der Waals surface area contributed by atoms with E-state index in [9.17, 15) is 0 Å². The maximum absolute atomic E-state index is 5.76. The highest BCUT2D eigenvalue weighted by Gasteiger charge is 2.17. The molecular formula is C21H26N2O2. The van der Waals surface area contributed by atoms with Crippen molar-refractivity contribution in [3.05, 3.63) is 77.4 Å². The van der Waals surface area contributed by atoms with Crippen LogP contribution in [0, 0.1) is 0 Å². The van der Waals surface area contributed by atoms with Crippen LogP contribution in [0.1, 0.15) is 22.7 Å². The topological polar surface area (TPSA) is 42.5 Å². The molecule has 0 bridgehead atoms. The van der Waals surface area contributed by atoms with Gasteiger partial charge in [0.25, 0.3) is 0 Å². The minimum absolute atomic E-state index is 0.261. The highest BCUT2D eigenvalue weighted by Crippen LogP contribution is 2.27. The van der Waals surface area contributed by atoms with Gasteiger partial charge in [0, 0.05) is 13.1 Å². The Kier molecular flexibility index (Phi) is 6.63. The number of likely N-dealkylation sites (N-methyl/N-ethyl adjacent to an activating group) is 1. The third-order valence-corrected chi connectivity index (χ3v) is 4.28. The van der Waals surface area contributed by atoms with E-state index >= 15 is 0 Å². The third kappa shape index (κ3) is 5.16. The molecule has 1 unspecified atom stereocenters. The van der Waals surface area contributed by atoms with Gasteiger partial charge in [-0.3, -0.25) is 0 Å². The van der Waals surface area contributed by atoms with Crippen molar-refractivity contribution < 1.29 is 9.47 Å². The quantitative estimate of drug-likeness (QED) is 0.441. The van der Waals surface area contributed by atoms with Crippen molar-refractivity contribution in [3.63, 3.8) is 0 Å². The van der Waals surface area contributed by atoms with Crippen LogP contribution in [0.25, 0.3) is 0 Å². The summed E-state index contributed by atoms with van der Waals surface area (Å²) >= 11 is 0. The van der Waals surface area contributed by atoms with Gasteiger partial charge in [0.15, 0.2) is 6.79 Å². The predicted molar refractivity (Wildman–Crippen MR) is 101 cm³/mol. The van der Waals surface area contributed by atoms with Crippen LogP contribution < -0.4 is 15.4 Å². The zero-order valence-electron chi connectivity index (χ0n) is 14.7. The molecule has 0 fully saturated rings. The van der Waals surface area contributed by atoms with E-state index in [2.05, 4.69) is 34.9 Å². The average Bonchev–Trinajstić information content (AvgIpc) is 2.66. The molecule has 1 atom stereocenters. The first-order chi connectivity index (χ1) is 12.4. The maximum Gasteiger partial charge on any atom is 0.189 e. The lowest BCUT2D eigenvalue weighted by atomic mass is 9.94. The maximum atomic E-state index is 5.76. The summed E-state index contributed by atoms with van der Waals surface area (Å²) in [4.78, 5) is 0. The van der Waals surface area contributed by atoms with Crippen LogP contribution in [0.4, 0.5) is 0 Å². The minimum atomic E-state index is 0.261. The van der Waals surface area contributed by atoms with Crippen molar-refractivity contribution in [1.82, 2.24) is 10.6 Å². The minimum Gasteiger partial charge on any atom is -0.468 e. The van der Waals surface area contributed by atoms with Gasteiger partial charge in [-0.15, -0.1) is 0 Å². The van der Waals surface area contributed by atoms with Crippen molar-refractivity contribution in [3.8, 4) is 5.75 Å². The second-order valence-electron chi connectivity index (χ2n) is 6.12. The van der Waals surface area contributed by atoms with Gasteiger partial charge in [-0.2, -0.15) is 0 Å². The molecule has 2 N–H and O–H groups in total. The molecule has 132 valence electrons. The van der Waals surface area contributed by atoms with E-state index in [1.165, 1.54) is 11.1 Å². The van der Waals surface area contributed by atoms with E-state index in [0.717, 1.165) is 30.8 Å². The van der Waals surface area contributed by atoms with Crippen LogP contribution in [-0.4, -0.2) is 26.9 Å². The standard InChI is InChI=1S/C21H26N2O2/c1-22-12-5-8-21-20-10-9-19(14-18(20)11-13-23-21)25-16-24-15-17-6-3-2-4-7-17/h2-10,14,21-23H,11-13,15-16H2,1H3/b8-5+. The number of hydrogen-bond acceptors (Lipinski definition) is 4. The summed E-state index contributed by atoms with van der Waals surface area (Å²) in [7, 11) is 1.95. The fourth-order valence-electron chi connectivity index (χ4n) is 3.00. The van der Waals surface area contributed by atoms with Crippen LogP contribution in [0.2, 0.25) is 0 Å². The van der Waals surface area contributed by atoms with Gasteiger partial charge < -0.3 is 20.1 Å². The van der Waals surface area contributed by atoms with E-state index < -0.39 is 0 Å². The van der Waals surface area contributed by atoms with Crippen molar-refractivity contribution in [2.24, 2.45) is 0 Å². The summed E-state index contributed by atoms with van der Waals surface area (Å²) in [6.45, 7) is 2.69. The number of benzene rings is 2. The summed E-state index contributed by atoms with van der Waals surface area (Å²) in [5, 5.41) is 6.68. The van der Waals surface area contributed by atoms with Crippen LogP contribution in [0.15, 0.2) is 60.7 Å². The van der Waals surface area contributed by atoms with E-state index in [4.69, 9.17) is 9.47 Å². The van der Waals surface area contributed by atoms with E-state index in [1.54, 1.807) is 0 Å². The second kappa shape index (κ2) is 9.37. The summed E-state index contributed by atoms with van der Waals surface area (Å²) in [5.74, 6) is 0.867. The molecule has 2 aromatic carbocycles. The highest BCUT2D eigenvalue weighted by atomic mass is 16.7. The summed E-state index contributed by atoms with van der Waals surface area (Å²) in [5.41, 5.74) is 3.83. The Morgan fingerprint density at radius 1 is 1.20 bits per heavy atom. The fraction of sp³-hybridized carbons (Fsp3) is 0.333. The highest BCUT2D eigenvalue weighted by molar-refractivity contribution is 5.40. The Balaban J connectivity index is 1.54. The Morgan fingerprint density at radius 2 is 2.08 bits per heavy atom. The predicted octanol–water partition coefficient (Wildman–Crippen LogP) is 3.20. The van der Waals surface area contributed by atoms with E-state index in [-0.39, 0.29) is 12.8 Å². The Labute approximate surface area is 149 Å². The third-order valence-electron chi connectivity index (χ3n) is 4.28. The number of fused-ring (bicyclic) bond motifs is 1. The van der Waals surface area contributed by atoms with E-state index in [0.29, 0.717) is 6.61 Å². The van der Waals surface area contributed by atoms with Gasteiger partial charge in [-0.25, -0.2) is 0 Å². The number of rotatable bonds is 8. The molecule has 2 aromatic rings. The molecule has 0 saturated carbocycles. The first kappa shape index (κ1) is 17.7. The molecule has 0 amide bonds. The van der Waals surface area contributed by atoms with Crippen LogP contribution in [-0.2, 0) is 17.8 Å². The zero-order chi connectivity index (χ0) is 17.3. The van der Waals surface area contributed by atoms with Gasteiger partial charge >= 0.3 is 0 Å². The van der Waals surface area contributed by atoms with Gasteiger partial charge in [0.05, 0.1) is 12.6 Å². The molecule has 0 aliphatic carbocycles. The molecule has 0 saturated heterocycles. The van der Waals surface area contributed by atoms with Crippen LogP contribution >= 0.6 is 0 Å². The van der Waals surface area contributed by atoms with Crippen molar-refractivity contribution in [1.29, 1.82) is 0 Å². The lowest BCUT2D eigenvalue weighted by molar-refractivity contribution is 0.00499. The Hall–Kier alpha value is -2.14. The van der Waals surface area contributed by atoms with Gasteiger partial charge in [0.1, 0.15) is 5.75 Å².